The minimum absolute atomic E-state index is 0.122. The van der Waals surface area contributed by atoms with Crippen LogP contribution in [0, 0.1) is 0 Å². The Hall–Kier alpha value is -2.21. The van der Waals surface area contributed by atoms with Crippen LogP contribution < -0.4 is 4.72 Å². The number of sulfonamides is 1. The van der Waals surface area contributed by atoms with Crippen LogP contribution >= 0.6 is 0 Å². The van der Waals surface area contributed by atoms with Gasteiger partial charge in [0.1, 0.15) is 5.82 Å². The van der Waals surface area contributed by atoms with Crippen LogP contribution in [0.25, 0.3) is 0 Å². The lowest BCUT2D eigenvalue weighted by Crippen LogP contribution is -2.14. The Labute approximate surface area is 111 Å². The highest BCUT2D eigenvalue weighted by atomic mass is 32.2. The number of hydrogen-bond acceptors (Lipinski definition) is 4. The molecule has 0 radical (unpaired) electrons. The second-order valence-electron chi connectivity index (χ2n) is 3.90. The summed E-state index contributed by atoms with van der Waals surface area (Å²) < 4.78 is 26.4. The van der Waals surface area contributed by atoms with E-state index in [1.54, 1.807) is 18.2 Å². The van der Waals surface area contributed by atoms with Crippen molar-refractivity contribution in [2.24, 2.45) is 0 Å². The molecular weight excluding hydrogens is 264 g/mol. The van der Waals surface area contributed by atoms with Crippen molar-refractivity contribution in [1.82, 2.24) is 4.98 Å². The normalized spacial score (nSPS) is 11.0. The summed E-state index contributed by atoms with van der Waals surface area (Å²) in [7, 11) is -3.68. The summed E-state index contributed by atoms with van der Waals surface area (Å²) in [6.45, 7) is 1.41. The average molecular weight is 276 g/mol. The summed E-state index contributed by atoms with van der Waals surface area (Å²) in [6.07, 6.45) is 1.39. The van der Waals surface area contributed by atoms with Crippen LogP contribution in [-0.4, -0.2) is 19.2 Å². The highest BCUT2D eigenvalue weighted by molar-refractivity contribution is 7.92. The Bertz CT molecular complexity index is 697. The van der Waals surface area contributed by atoms with Gasteiger partial charge in [-0.2, -0.15) is 0 Å². The lowest BCUT2D eigenvalue weighted by Gasteiger charge is -2.07. The quantitative estimate of drug-likeness (QED) is 0.867. The molecule has 0 saturated carbocycles. The summed E-state index contributed by atoms with van der Waals surface area (Å²) in [5, 5.41) is 0. The predicted octanol–water partition coefficient (Wildman–Crippen LogP) is 2.08. The van der Waals surface area contributed by atoms with Crippen LogP contribution in [0.1, 0.15) is 17.3 Å². The van der Waals surface area contributed by atoms with E-state index in [1.165, 1.54) is 37.4 Å². The number of carbonyl (C=O) groups excluding carboxylic acids is 1. The lowest BCUT2D eigenvalue weighted by atomic mass is 10.2. The maximum absolute atomic E-state index is 12.0. The number of hydrogen-bond donors (Lipinski definition) is 1. The van der Waals surface area contributed by atoms with Gasteiger partial charge in [-0.05, 0) is 31.2 Å². The van der Waals surface area contributed by atoms with E-state index in [0.717, 1.165) is 0 Å². The average Bonchev–Trinajstić information content (AvgIpc) is 2.39. The molecule has 0 fully saturated rings. The third-order valence-corrected chi connectivity index (χ3v) is 3.83. The van der Waals surface area contributed by atoms with Crippen LogP contribution in [0.2, 0.25) is 0 Å². The molecular formula is C13H12N2O3S. The molecule has 2 aromatic rings. The van der Waals surface area contributed by atoms with Crippen molar-refractivity contribution in [1.29, 1.82) is 0 Å². The van der Waals surface area contributed by atoms with Gasteiger partial charge in [-0.15, -0.1) is 0 Å². The highest BCUT2D eigenvalue weighted by Crippen LogP contribution is 2.14. The van der Waals surface area contributed by atoms with E-state index in [9.17, 15) is 13.2 Å². The summed E-state index contributed by atoms with van der Waals surface area (Å²) in [6, 6.07) is 10.9. The predicted molar refractivity (Wildman–Crippen MR) is 71.5 cm³/mol. The summed E-state index contributed by atoms with van der Waals surface area (Å²) in [5.41, 5.74) is 0.403. The van der Waals surface area contributed by atoms with Gasteiger partial charge < -0.3 is 0 Å². The second-order valence-corrected chi connectivity index (χ2v) is 5.59. The van der Waals surface area contributed by atoms with E-state index >= 15 is 0 Å². The Morgan fingerprint density at radius 1 is 1.16 bits per heavy atom. The fraction of sp³-hybridized carbons (Fsp3) is 0.0769. The van der Waals surface area contributed by atoms with Crippen molar-refractivity contribution in [2.45, 2.75) is 11.8 Å². The smallest absolute Gasteiger partial charge is 0.263 e. The van der Waals surface area contributed by atoms with Gasteiger partial charge in [0.25, 0.3) is 10.0 Å². The first kappa shape index (κ1) is 13.2. The van der Waals surface area contributed by atoms with Crippen molar-refractivity contribution in [3.05, 3.63) is 54.2 Å². The van der Waals surface area contributed by atoms with E-state index < -0.39 is 10.0 Å². The van der Waals surface area contributed by atoms with Crippen molar-refractivity contribution in [3.8, 4) is 0 Å². The largest absolute Gasteiger partial charge is 0.295 e. The van der Waals surface area contributed by atoms with Gasteiger partial charge in [0.05, 0.1) is 4.90 Å². The number of anilines is 1. The molecule has 0 aliphatic heterocycles. The Morgan fingerprint density at radius 2 is 1.84 bits per heavy atom. The number of aromatic nitrogens is 1. The standard InChI is InChI=1S/C13H12N2O3S/c1-10(16)11-7-8-14-13(9-11)15-19(17,18)12-5-3-2-4-6-12/h2-9H,1H3,(H,14,15). The molecule has 0 unspecified atom stereocenters. The number of benzene rings is 1. The van der Waals surface area contributed by atoms with Gasteiger partial charge in [-0.1, -0.05) is 18.2 Å². The molecule has 0 amide bonds. The Kier molecular flexibility index (Phi) is 3.62. The van der Waals surface area contributed by atoms with Gasteiger partial charge in [0, 0.05) is 11.8 Å². The summed E-state index contributed by atoms with van der Waals surface area (Å²) in [5.74, 6) is -0.0286. The molecule has 0 atom stereocenters. The molecule has 0 spiro atoms. The van der Waals surface area contributed by atoms with Gasteiger partial charge >= 0.3 is 0 Å². The first-order valence-corrected chi connectivity index (χ1v) is 7.02. The fourth-order valence-corrected chi connectivity index (χ4v) is 2.52. The minimum Gasteiger partial charge on any atom is -0.295 e. The monoisotopic (exact) mass is 276 g/mol. The van der Waals surface area contributed by atoms with Crippen molar-refractivity contribution < 1.29 is 13.2 Å². The SMILES string of the molecule is CC(=O)c1ccnc(NS(=O)(=O)c2ccccc2)c1. The highest BCUT2D eigenvalue weighted by Gasteiger charge is 2.14. The zero-order valence-corrected chi connectivity index (χ0v) is 11.0. The molecule has 0 aliphatic carbocycles. The van der Waals surface area contributed by atoms with E-state index in [-0.39, 0.29) is 16.5 Å². The third kappa shape index (κ3) is 3.17. The number of nitrogens with one attached hydrogen (secondary N) is 1. The van der Waals surface area contributed by atoms with Crippen LogP contribution in [0.15, 0.2) is 53.6 Å². The molecule has 5 nitrogen and oxygen atoms in total. The zero-order valence-electron chi connectivity index (χ0n) is 10.2. The molecule has 1 N–H and O–H groups in total. The van der Waals surface area contributed by atoms with Crippen LogP contribution in [0.3, 0.4) is 0 Å². The zero-order chi connectivity index (χ0) is 13.9. The first-order chi connectivity index (χ1) is 8.99. The maximum atomic E-state index is 12.0. The number of rotatable bonds is 4. The van der Waals surface area contributed by atoms with Crippen LogP contribution in [0.5, 0.6) is 0 Å². The molecule has 0 saturated heterocycles. The molecule has 98 valence electrons. The van der Waals surface area contributed by atoms with Crippen LogP contribution in [0.4, 0.5) is 5.82 Å². The lowest BCUT2D eigenvalue weighted by molar-refractivity contribution is 0.101. The van der Waals surface area contributed by atoms with E-state index in [4.69, 9.17) is 0 Å². The fourth-order valence-electron chi connectivity index (χ4n) is 1.50. The topological polar surface area (TPSA) is 76.1 Å². The van der Waals surface area contributed by atoms with Gasteiger partial charge in [-0.3, -0.25) is 9.52 Å². The van der Waals surface area contributed by atoms with E-state index in [1.807, 2.05) is 0 Å². The molecule has 6 heteroatoms. The van der Waals surface area contributed by atoms with E-state index in [0.29, 0.717) is 5.56 Å². The van der Waals surface area contributed by atoms with Crippen molar-refractivity contribution in [2.75, 3.05) is 4.72 Å². The number of Topliss-reactive ketones (excluding diaryl/α,β-unsaturated/α-hetero) is 1. The molecule has 0 bridgehead atoms. The summed E-state index contributed by atoms with van der Waals surface area (Å²) >= 11 is 0. The molecule has 19 heavy (non-hydrogen) atoms. The Balaban J connectivity index is 2.31. The molecule has 2 rings (SSSR count). The number of nitrogens with zero attached hydrogens (tertiary/aromatic N) is 1. The summed E-state index contributed by atoms with van der Waals surface area (Å²) in [4.78, 5) is 15.3. The van der Waals surface area contributed by atoms with Gasteiger partial charge in [-0.25, -0.2) is 13.4 Å². The maximum Gasteiger partial charge on any atom is 0.263 e. The molecule has 1 aromatic carbocycles. The van der Waals surface area contributed by atoms with Crippen molar-refractivity contribution in [3.63, 3.8) is 0 Å². The Morgan fingerprint density at radius 3 is 2.47 bits per heavy atom. The van der Waals surface area contributed by atoms with Gasteiger partial charge in [0.15, 0.2) is 5.78 Å². The second kappa shape index (κ2) is 5.19. The molecule has 1 heterocycles. The molecule has 1 aromatic heterocycles. The number of pyridine rings is 1. The third-order valence-electron chi connectivity index (χ3n) is 2.46. The number of carbonyl (C=O) groups is 1. The van der Waals surface area contributed by atoms with Crippen LogP contribution in [-0.2, 0) is 10.0 Å². The first-order valence-electron chi connectivity index (χ1n) is 5.54. The van der Waals surface area contributed by atoms with E-state index in [2.05, 4.69) is 9.71 Å². The van der Waals surface area contributed by atoms with Gasteiger partial charge in [0.2, 0.25) is 0 Å². The van der Waals surface area contributed by atoms with Crippen molar-refractivity contribution >= 4 is 21.6 Å². The minimum atomic E-state index is -3.68. The number of ketones is 1. The molecule has 0 aliphatic rings.